The van der Waals surface area contributed by atoms with E-state index in [1.54, 1.807) is 49.4 Å². The van der Waals surface area contributed by atoms with E-state index in [9.17, 15) is 27.9 Å². The van der Waals surface area contributed by atoms with E-state index in [1.807, 2.05) is 36.4 Å². The molecule has 1 fully saturated rings. The number of hydrogen-bond acceptors (Lipinski definition) is 5. The maximum Gasteiger partial charge on any atom is 0.419 e. The standard InChI is InChI=1S/C35H27F3N2O5/c1-2-44-33(43)40(28-10-6-9-27(21-28)35(36,37)38)30-29(24-7-4-3-5-8-24)39-45-31(30)25-13-11-22(12-14-25)23-15-17-26(18-16-23)34(19-20-34)32(41)42/h3-18,21H,2,19-20H2,1H3,(H,41,42). The van der Waals surface area contributed by atoms with Crippen LogP contribution in [0.25, 0.3) is 33.7 Å². The van der Waals surface area contributed by atoms with E-state index in [4.69, 9.17) is 9.26 Å². The third-order valence-electron chi connectivity index (χ3n) is 7.90. The van der Waals surface area contributed by atoms with Crippen LogP contribution in [0.2, 0.25) is 0 Å². The molecule has 45 heavy (non-hydrogen) atoms. The number of carbonyl (C=O) groups excluding carboxylic acids is 1. The zero-order chi connectivity index (χ0) is 31.8. The Morgan fingerprint density at radius 2 is 1.49 bits per heavy atom. The number of hydrogen-bond donors (Lipinski definition) is 1. The van der Waals surface area contributed by atoms with Crippen molar-refractivity contribution in [3.8, 4) is 33.7 Å². The summed E-state index contributed by atoms with van der Waals surface area (Å²) >= 11 is 0. The van der Waals surface area contributed by atoms with E-state index in [2.05, 4.69) is 5.16 Å². The van der Waals surface area contributed by atoms with Crippen LogP contribution in [0.15, 0.2) is 108 Å². The third kappa shape index (κ3) is 5.66. The third-order valence-corrected chi connectivity index (χ3v) is 7.90. The zero-order valence-corrected chi connectivity index (χ0v) is 24.0. The molecular weight excluding hydrogens is 585 g/mol. The molecule has 10 heteroatoms. The van der Waals surface area contributed by atoms with Crippen LogP contribution in [-0.2, 0) is 21.1 Å². The van der Waals surface area contributed by atoms with E-state index < -0.39 is 29.2 Å². The molecule has 0 aliphatic heterocycles. The molecule has 0 radical (unpaired) electrons. The quantitative estimate of drug-likeness (QED) is 0.188. The number of alkyl halides is 3. The molecule has 7 nitrogen and oxygen atoms in total. The summed E-state index contributed by atoms with van der Waals surface area (Å²) in [6.45, 7) is 1.59. The number of aliphatic carboxylic acids is 1. The number of halogens is 3. The molecule has 4 aromatic carbocycles. The highest BCUT2D eigenvalue weighted by molar-refractivity contribution is 6.04. The summed E-state index contributed by atoms with van der Waals surface area (Å²) in [7, 11) is 0. The number of carboxylic acids is 1. The van der Waals surface area contributed by atoms with Crippen LogP contribution in [0.4, 0.5) is 29.3 Å². The smallest absolute Gasteiger partial charge is 0.419 e. The monoisotopic (exact) mass is 612 g/mol. The number of carbonyl (C=O) groups is 2. The fourth-order valence-electron chi connectivity index (χ4n) is 5.35. The molecule has 0 saturated heterocycles. The Balaban J connectivity index is 1.44. The molecule has 1 saturated carbocycles. The highest BCUT2D eigenvalue weighted by atomic mass is 19.4. The summed E-state index contributed by atoms with van der Waals surface area (Å²) in [5, 5.41) is 13.9. The second-order valence-corrected chi connectivity index (χ2v) is 10.7. The number of amides is 1. The van der Waals surface area contributed by atoms with Gasteiger partial charge in [0, 0.05) is 11.1 Å². The molecule has 1 heterocycles. The molecule has 0 bridgehead atoms. The molecular formula is C35H27F3N2O5. The van der Waals surface area contributed by atoms with Gasteiger partial charge >= 0.3 is 18.2 Å². The van der Waals surface area contributed by atoms with Gasteiger partial charge in [0.05, 0.1) is 23.3 Å². The first-order valence-electron chi connectivity index (χ1n) is 14.3. The van der Waals surface area contributed by atoms with Crippen LogP contribution in [-0.4, -0.2) is 28.9 Å². The first kappa shape index (κ1) is 29.7. The minimum atomic E-state index is -4.64. The summed E-state index contributed by atoms with van der Waals surface area (Å²) in [6, 6.07) is 27.9. The average molecular weight is 613 g/mol. The Morgan fingerprint density at radius 1 is 0.867 bits per heavy atom. The van der Waals surface area contributed by atoms with Gasteiger partial charge in [0.2, 0.25) is 0 Å². The van der Waals surface area contributed by atoms with Crippen molar-refractivity contribution in [3.05, 3.63) is 114 Å². The second-order valence-electron chi connectivity index (χ2n) is 10.7. The van der Waals surface area contributed by atoms with Gasteiger partial charge in [0.15, 0.2) is 5.76 Å². The molecule has 0 spiro atoms. The van der Waals surface area contributed by atoms with E-state index >= 15 is 0 Å². The molecule has 6 rings (SSSR count). The number of benzene rings is 4. The lowest BCUT2D eigenvalue weighted by molar-refractivity contribution is -0.140. The molecule has 228 valence electrons. The topological polar surface area (TPSA) is 92.9 Å². The maximum atomic E-state index is 13.7. The summed E-state index contributed by atoms with van der Waals surface area (Å²) in [5.74, 6) is -0.669. The van der Waals surface area contributed by atoms with Gasteiger partial charge in [0.1, 0.15) is 11.4 Å². The zero-order valence-electron chi connectivity index (χ0n) is 24.0. The lowest BCUT2D eigenvalue weighted by Crippen LogP contribution is -2.27. The normalized spacial score (nSPS) is 13.7. The SMILES string of the molecule is CCOC(=O)N(c1cccc(C(F)(F)F)c1)c1c(-c2ccccc2)noc1-c1ccc(-c2ccc(C3(C(=O)O)CC3)cc2)cc1. The Kier molecular flexibility index (Phi) is 7.66. The largest absolute Gasteiger partial charge is 0.481 e. The number of anilines is 2. The van der Waals surface area contributed by atoms with Crippen LogP contribution in [0.3, 0.4) is 0 Å². The van der Waals surface area contributed by atoms with Gasteiger partial charge in [-0.3, -0.25) is 4.79 Å². The van der Waals surface area contributed by atoms with Crippen molar-refractivity contribution < 1.29 is 37.1 Å². The second kappa shape index (κ2) is 11.6. The van der Waals surface area contributed by atoms with Crippen LogP contribution < -0.4 is 4.90 Å². The molecule has 1 aromatic heterocycles. The van der Waals surface area contributed by atoms with Crippen molar-refractivity contribution in [1.29, 1.82) is 0 Å². The summed E-state index contributed by atoms with van der Waals surface area (Å²) in [5.41, 5.74) is 2.13. The van der Waals surface area contributed by atoms with Crippen molar-refractivity contribution >= 4 is 23.4 Å². The number of nitrogens with zero attached hydrogens (tertiary/aromatic N) is 2. The fourth-order valence-corrected chi connectivity index (χ4v) is 5.35. The Labute approximate surface area is 256 Å². The van der Waals surface area contributed by atoms with Gasteiger partial charge in [-0.2, -0.15) is 13.2 Å². The Hall–Kier alpha value is -5.38. The predicted octanol–water partition coefficient (Wildman–Crippen LogP) is 9.11. The first-order chi connectivity index (χ1) is 21.6. The maximum absolute atomic E-state index is 13.7. The molecule has 1 aliphatic carbocycles. The van der Waals surface area contributed by atoms with E-state index in [0.717, 1.165) is 33.7 Å². The number of rotatable bonds is 8. The summed E-state index contributed by atoms with van der Waals surface area (Å²) < 4.78 is 52.3. The van der Waals surface area contributed by atoms with Crippen LogP contribution in [0.5, 0.6) is 0 Å². The van der Waals surface area contributed by atoms with E-state index in [1.165, 1.54) is 12.1 Å². The number of ether oxygens (including phenoxy) is 1. The van der Waals surface area contributed by atoms with Crippen molar-refractivity contribution in [2.24, 2.45) is 0 Å². The van der Waals surface area contributed by atoms with Gasteiger partial charge in [0.25, 0.3) is 0 Å². The number of carboxylic acid groups (broad SMARTS) is 1. The fraction of sp³-hybridized carbons (Fsp3) is 0.171. The lowest BCUT2D eigenvalue weighted by Gasteiger charge is -2.23. The number of aromatic nitrogens is 1. The van der Waals surface area contributed by atoms with Crippen LogP contribution >= 0.6 is 0 Å². The van der Waals surface area contributed by atoms with Gasteiger partial charge in [-0.25, -0.2) is 9.69 Å². The first-order valence-corrected chi connectivity index (χ1v) is 14.3. The van der Waals surface area contributed by atoms with Crippen molar-refractivity contribution in [1.82, 2.24) is 5.16 Å². The van der Waals surface area contributed by atoms with Crippen molar-refractivity contribution in [3.63, 3.8) is 0 Å². The summed E-state index contributed by atoms with van der Waals surface area (Å²) in [4.78, 5) is 26.2. The minimum Gasteiger partial charge on any atom is -0.481 e. The van der Waals surface area contributed by atoms with Gasteiger partial charge in [-0.05, 0) is 54.7 Å². The summed E-state index contributed by atoms with van der Waals surface area (Å²) in [6.07, 6.45) is -4.31. The Morgan fingerprint density at radius 3 is 2.07 bits per heavy atom. The van der Waals surface area contributed by atoms with Crippen molar-refractivity contribution in [2.75, 3.05) is 11.5 Å². The average Bonchev–Trinajstić information content (AvgIpc) is 3.76. The predicted molar refractivity (Wildman–Crippen MR) is 162 cm³/mol. The van der Waals surface area contributed by atoms with Crippen LogP contribution in [0.1, 0.15) is 30.9 Å². The minimum absolute atomic E-state index is 0.0172. The molecule has 1 aliphatic rings. The molecule has 1 N–H and O–H groups in total. The van der Waals surface area contributed by atoms with Gasteiger partial charge in [-0.15, -0.1) is 0 Å². The van der Waals surface area contributed by atoms with E-state index in [0.29, 0.717) is 24.0 Å². The molecule has 0 atom stereocenters. The van der Waals surface area contributed by atoms with Crippen LogP contribution in [0, 0.1) is 0 Å². The molecule has 5 aromatic rings. The lowest BCUT2D eigenvalue weighted by atomic mass is 9.93. The van der Waals surface area contributed by atoms with Crippen molar-refractivity contribution in [2.45, 2.75) is 31.4 Å². The van der Waals surface area contributed by atoms with Gasteiger partial charge in [-0.1, -0.05) is 90.1 Å². The highest BCUT2D eigenvalue weighted by Gasteiger charge is 2.51. The molecule has 0 unspecified atom stereocenters. The van der Waals surface area contributed by atoms with E-state index in [-0.39, 0.29) is 29.4 Å². The Bertz CT molecular complexity index is 1850. The molecule has 1 amide bonds. The highest BCUT2D eigenvalue weighted by Crippen LogP contribution is 2.49. The van der Waals surface area contributed by atoms with Gasteiger partial charge < -0.3 is 14.4 Å².